The Kier molecular flexibility index (Phi) is 4.70. The molecule has 178 valence electrons. The van der Waals surface area contributed by atoms with Gasteiger partial charge in [-0.1, -0.05) is 17.4 Å². The molecule has 3 N–H and O–H groups in total. The van der Waals surface area contributed by atoms with Gasteiger partial charge in [-0.15, -0.1) is 11.8 Å². The van der Waals surface area contributed by atoms with Gasteiger partial charge in [0.15, 0.2) is 11.5 Å². The maximum Gasteiger partial charge on any atom is 0.326 e. The lowest BCUT2D eigenvalue weighted by atomic mass is 9.68. The summed E-state index contributed by atoms with van der Waals surface area (Å²) in [6.07, 6.45) is 0.718. The number of nitrogens with zero attached hydrogens (tertiary/aromatic N) is 1. The fraction of sp³-hybridized carbons (Fsp3) is 0.478. The summed E-state index contributed by atoms with van der Waals surface area (Å²) in [7, 11) is 1.47. The number of hydrogen-bond acceptors (Lipinski definition) is 8. The molecule has 2 aromatic rings. The zero-order chi connectivity index (χ0) is 24.0. The number of likely N-dealkylation sites (tertiary alicyclic amines) is 1. The first kappa shape index (κ1) is 21.7. The fourth-order valence-corrected chi connectivity index (χ4v) is 9.68. The first-order valence-corrected chi connectivity index (χ1v) is 12.8. The number of nitrogens with one attached hydrogen (secondary N) is 1. The van der Waals surface area contributed by atoms with E-state index in [1.807, 2.05) is 6.07 Å². The summed E-state index contributed by atoms with van der Waals surface area (Å²) in [5.74, 6) is -3.10. The van der Waals surface area contributed by atoms with Crippen molar-refractivity contribution in [1.82, 2.24) is 9.88 Å². The predicted molar refractivity (Wildman–Crippen MR) is 122 cm³/mol. The number of carboxylic acids is 1. The van der Waals surface area contributed by atoms with Crippen LogP contribution in [0.25, 0.3) is 0 Å². The number of imide groups is 1. The lowest BCUT2D eigenvalue weighted by Gasteiger charge is -2.43. The molecule has 3 fully saturated rings. The van der Waals surface area contributed by atoms with Gasteiger partial charge in [0.1, 0.15) is 6.04 Å². The molecule has 34 heavy (non-hydrogen) atoms. The molecule has 1 saturated heterocycles. The second-order valence-corrected chi connectivity index (χ2v) is 11.7. The Morgan fingerprint density at radius 1 is 1.21 bits per heavy atom. The van der Waals surface area contributed by atoms with Crippen molar-refractivity contribution in [1.29, 1.82) is 0 Å². The Labute approximate surface area is 202 Å². The SMILES string of the molecule is COc1cc([C@@H]2c3sc(=O)[nH]c3S[C@@H]3[C@H]4C[C@@H]([C@@H]5C(=O)N([C@H](C)C(=O)O)C(=O)[C@H]45)[C@H]23)ccc1O. The number of carbonyl (C=O) groups excluding carboxylic acids is 2. The molecule has 2 saturated carbocycles. The standard InChI is InChI=1S/C23H22N2O7S2/c1-7(22(29)30)25-20(27)15-9-6-10(16(15)21(25)28)17-14(9)13(18-19(33-17)24-23(31)34-18)8-3-4-11(26)12(5-8)32-2/h3-5,7,9-10,13-17,26H,6H2,1-2H3,(H,24,31)(H,29,30)/t7-,9-,10+,13+,14-,15+,16-,17-/m1/s1. The van der Waals surface area contributed by atoms with Crippen LogP contribution in [0.1, 0.15) is 29.7 Å². The van der Waals surface area contributed by atoms with Gasteiger partial charge in [0.2, 0.25) is 11.8 Å². The minimum Gasteiger partial charge on any atom is -0.504 e. The van der Waals surface area contributed by atoms with E-state index in [1.165, 1.54) is 14.0 Å². The summed E-state index contributed by atoms with van der Waals surface area (Å²) in [6, 6.07) is 3.95. The average Bonchev–Trinajstić information content (AvgIpc) is 3.52. The number of aromatic hydroxyl groups is 1. The van der Waals surface area contributed by atoms with Crippen LogP contribution >= 0.6 is 23.1 Å². The monoisotopic (exact) mass is 502 g/mol. The molecule has 8 atom stereocenters. The van der Waals surface area contributed by atoms with Gasteiger partial charge in [-0.2, -0.15) is 0 Å². The number of thioether (sulfide) groups is 1. The van der Waals surface area contributed by atoms with Crippen molar-refractivity contribution in [2.24, 2.45) is 29.6 Å². The Bertz CT molecular complexity index is 1300. The molecule has 3 heterocycles. The minimum atomic E-state index is -1.20. The number of fused-ring (bicyclic) bond motifs is 9. The second kappa shape index (κ2) is 7.35. The Morgan fingerprint density at radius 3 is 2.59 bits per heavy atom. The number of aliphatic carboxylic acids is 1. The smallest absolute Gasteiger partial charge is 0.326 e. The van der Waals surface area contributed by atoms with Crippen LogP contribution in [0.2, 0.25) is 0 Å². The van der Waals surface area contributed by atoms with Crippen molar-refractivity contribution in [3.05, 3.63) is 38.3 Å². The Hall–Kier alpha value is -2.79. The number of H-pyrrole nitrogens is 1. The van der Waals surface area contributed by atoms with Gasteiger partial charge in [0.25, 0.3) is 0 Å². The van der Waals surface area contributed by atoms with E-state index in [9.17, 15) is 29.4 Å². The van der Waals surface area contributed by atoms with Crippen LogP contribution in [0, 0.1) is 29.6 Å². The molecule has 1 aromatic heterocycles. The van der Waals surface area contributed by atoms with Crippen molar-refractivity contribution < 1.29 is 29.3 Å². The maximum absolute atomic E-state index is 13.4. The van der Waals surface area contributed by atoms with Crippen LogP contribution in [0.5, 0.6) is 11.5 Å². The second-order valence-electron chi connectivity index (χ2n) is 9.45. The third kappa shape index (κ3) is 2.73. The van der Waals surface area contributed by atoms with Crippen LogP contribution < -0.4 is 9.61 Å². The van der Waals surface area contributed by atoms with Crippen LogP contribution in [0.15, 0.2) is 28.0 Å². The van der Waals surface area contributed by atoms with Crippen LogP contribution in [0.3, 0.4) is 0 Å². The molecule has 2 amide bonds. The van der Waals surface area contributed by atoms with E-state index in [0.717, 1.165) is 38.1 Å². The fourth-order valence-electron chi connectivity index (χ4n) is 6.79. The van der Waals surface area contributed by atoms with E-state index in [2.05, 4.69) is 4.98 Å². The Morgan fingerprint density at radius 2 is 1.91 bits per heavy atom. The van der Waals surface area contributed by atoms with Crippen molar-refractivity contribution in [3.8, 4) is 11.5 Å². The Balaban J connectivity index is 1.46. The molecule has 2 aliphatic carbocycles. The highest BCUT2D eigenvalue weighted by molar-refractivity contribution is 8.00. The highest BCUT2D eigenvalue weighted by atomic mass is 32.2. The molecule has 6 rings (SSSR count). The molecule has 11 heteroatoms. The number of benzene rings is 1. The topological polar surface area (TPSA) is 137 Å². The average molecular weight is 503 g/mol. The number of carbonyl (C=O) groups is 3. The number of methoxy groups -OCH3 is 1. The number of aromatic amines is 1. The van der Waals surface area contributed by atoms with Gasteiger partial charge >= 0.3 is 10.8 Å². The third-order valence-corrected chi connectivity index (χ3v) is 10.7. The number of rotatable bonds is 4. The molecule has 2 bridgehead atoms. The summed E-state index contributed by atoms with van der Waals surface area (Å²) < 4.78 is 5.32. The lowest BCUT2D eigenvalue weighted by molar-refractivity contribution is -0.154. The number of hydrogen-bond donors (Lipinski definition) is 3. The number of aromatic nitrogens is 1. The predicted octanol–water partition coefficient (Wildman–Crippen LogP) is 2.10. The van der Waals surface area contributed by atoms with E-state index in [1.54, 1.807) is 23.9 Å². The van der Waals surface area contributed by atoms with E-state index in [0.29, 0.717) is 5.75 Å². The molecular weight excluding hydrogens is 480 g/mol. The van der Waals surface area contributed by atoms with Gasteiger partial charge in [-0.05, 0) is 48.8 Å². The summed E-state index contributed by atoms with van der Waals surface area (Å²) >= 11 is 2.71. The first-order chi connectivity index (χ1) is 16.2. The maximum atomic E-state index is 13.4. The van der Waals surface area contributed by atoms with Crippen molar-refractivity contribution >= 4 is 40.9 Å². The summed E-state index contributed by atoms with van der Waals surface area (Å²) in [5, 5.41) is 20.4. The molecule has 1 aromatic carbocycles. The largest absolute Gasteiger partial charge is 0.504 e. The van der Waals surface area contributed by atoms with Crippen molar-refractivity contribution in [3.63, 3.8) is 0 Å². The first-order valence-electron chi connectivity index (χ1n) is 11.1. The number of thiazole rings is 1. The number of amides is 2. The number of phenols is 1. The third-order valence-electron chi connectivity index (χ3n) is 8.07. The van der Waals surface area contributed by atoms with Gasteiger partial charge in [0, 0.05) is 16.0 Å². The highest BCUT2D eigenvalue weighted by Crippen LogP contribution is 2.68. The van der Waals surface area contributed by atoms with E-state index < -0.39 is 29.8 Å². The summed E-state index contributed by atoms with van der Waals surface area (Å²) in [4.78, 5) is 55.1. The summed E-state index contributed by atoms with van der Waals surface area (Å²) in [5.41, 5.74) is 0.873. The number of phenolic OH excluding ortho intramolecular Hbond substituents is 1. The molecule has 0 unspecified atom stereocenters. The molecular formula is C23H22N2O7S2. The van der Waals surface area contributed by atoms with Crippen LogP contribution in [0.4, 0.5) is 0 Å². The normalized spacial score (nSPS) is 34.1. The molecule has 4 aliphatic rings. The molecule has 2 aliphatic heterocycles. The van der Waals surface area contributed by atoms with Gasteiger partial charge in [-0.25, -0.2) is 4.79 Å². The van der Waals surface area contributed by atoms with Crippen molar-refractivity contribution in [2.75, 3.05) is 7.11 Å². The zero-order valence-electron chi connectivity index (χ0n) is 18.3. The van der Waals surface area contributed by atoms with E-state index >= 15 is 0 Å². The number of carboxylic acid groups (broad SMARTS) is 1. The molecule has 0 radical (unpaired) electrons. The molecule has 9 nitrogen and oxygen atoms in total. The summed E-state index contributed by atoms with van der Waals surface area (Å²) in [6.45, 7) is 1.37. The molecule has 0 spiro atoms. The van der Waals surface area contributed by atoms with E-state index in [-0.39, 0.29) is 45.5 Å². The van der Waals surface area contributed by atoms with E-state index in [4.69, 9.17) is 4.74 Å². The highest BCUT2D eigenvalue weighted by Gasteiger charge is 2.70. The lowest BCUT2D eigenvalue weighted by Crippen LogP contribution is -2.44. The van der Waals surface area contributed by atoms with Gasteiger partial charge in [0.05, 0.1) is 24.0 Å². The van der Waals surface area contributed by atoms with Crippen LogP contribution in [-0.4, -0.2) is 56.3 Å². The van der Waals surface area contributed by atoms with Crippen molar-refractivity contribution in [2.45, 2.75) is 35.6 Å². The van der Waals surface area contributed by atoms with Gasteiger partial charge < -0.3 is 19.9 Å². The van der Waals surface area contributed by atoms with Crippen LogP contribution in [-0.2, 0) is 14.4 Å². The quantitative estimate of drug-likeness (QED) is 0.541. The zero-order valence-corrected chi connectivity index (χ0v) is 19.9. The van der Waals surface area contributed by atoms with Gasteiger partial charge in [-0.3, -0.25) is 19.3 Å². The minimum absolute atomic E-state index is 0.00521. The number of ether oxygens (including phenoxy) is 1.